The third kappa shape index (κ3) is 3.47. The number of halogens is 3. The zero-order valence-electron chi connectivity index (χ0n) is 14.7. The van der Waals surface area contributed by atoms with Gasteiger partial charge in [-0.25, -0.2) is 9.50 Å². The number of amides is 1. The molecule has 1 fully saturated rings. The van der Waals surface area contributed by atoms with Crippen molar-refractivity contribution in [1.29, 1.82) is 0 Å². The summed E-state index contributed by atoms with van der Waals surface area (Å²) in [5, 5.41) is 6.37. The number of nitrogens with one attached hydrogen (secondary N) is 1. The molecular formula is C19H15F3N4O2. The van der Waals surface area contributed by atoms with E-state index in [-0.39, 0.29) is 23.0 Å². The number of nitrogens with zero attached hydrogens (tertiary/aromatic N) is 3. The van der Waals surface area contributed by atoms with E-state index in [2.05, 4.69) is 15.4 Å². The first-order valence-electron chi connectivity index (χ1n) is 8.62. The molecule has 9 heteroatoms. The van der Waals surface area contributed by atoms with Crippen molar-refractivity contribution in [2.45, 2.75) is 31.9 Å². The van der Waals surface area contributed by atoms with Crippen LogP contribution in [-0.4, -0.2) is 26.3 Å². The highest BCUT2D eigenvalue weighted by Crippen LogP contribution is 2.41. The smallest absolute Gasteiger partial charge is 0.321 e. The Morgan fingerprint density at radius 3 is 2.39 bits per heavy atom. The van der Waals surface area contributed by atoms with Crippen molar-refractivity contribution in [3.63, 3.8) is 0 Å². The van der Waals surface area contributed by atoms with Crippen LogP contribution in [0.3, 0.4) is 0 Å². The minimum absolute atomic E-state index is 0.0196. The van der Waals surface area contributed by atoms with Crippen LogP contribution in [-0.2, 0) is 6.18 Å². The normalized spacial score (nSPS) is 14.3. The van der Waals surface area contributed by atoms with Crippen LogP contribution < -0.4 is 5.32 Å². The van der Waals surface area contributed by atoms with E-state index < -0.39 is 17.8 Å². The summed E-state index contributed by atoms with van der Waals surface area (Å²) in [6.07, 6.45) is -3.01. The van der Waals surface area contributed by atoms with Gasteiger partial charge in [-0.15, -0.1) is 0 Å². The van der Waals surface area contributed by atoms with Gasteiger partial charge in [-0.05, 0) is 50.1 Å². The van der Waals surface area contributed by atoms with Crippen LogP contribution in [0.2, 0.25) is 0 Å². The predicted octanol–water partition coefficient (Wildman–Crippen LogP) is 4.08. The number of ketones is 1. The van der Waals surface area contributed by atoms with Crippen molar-refractivity contribution >= 4 is 23.0 Å². The fourth-order valence-corrected chi connectivity index (χ4v) is 2.88. The number of fused-ring (bicyclic) bond motifs is 1. The maximum absolute atomic E-state index is 13.4. The van der Waals surface area contributed by atoms with Crippen molar-refractivity contribution in [3.8, 4) is 0 Å². The van der Waals surface area contributed by atoms with E-state index in [1.54, 1.807) is 12.1 Å². The van der Waals surface area contributed by atoms with Crippen LogP contribution in [0, 0.1) is 0 Å². The van der Waals surface area contributed by atoms with Gasteiger partial charge in [-0.2, -0.15) is 18.3 Å². The Hall–Kier alpha value is -3.23. The molecule has 0 unspecified atom stereocenters. The minimum atomic E-state index is -4.62. The number of Topliss-reactive ketones (excluding diaryl/α,β-unsaturated/α-hetero) is 1. The van der Waals surface area contributed by atoms with Crippen molar-refractivity contribution in [2.24, 2.45) is 0 Å². The maximum atomic E-state index is 13.4. The molecule has 1 aliphatic rings. The average Bonchev–Trinajstić information content (AvgIpc) is 3.39. The molecule has 0 spiro atoms. The largest absolute Gasteiger partial charge is 0.433 e. The van der Waals surface area contributed by atoms with Crippen molar-refractivity contribution in [3.05, 3.63) is 59.0 Å². The number of benzene rings is 1. The van der Waals surface area contributed by atoms with Gasteiger partial charge >= 0.3 is 6.18 Å². The molecule has 0 bridgehead atoms. The summed E-state index contributed by atoms with van der Waals surface area (Å²) in [7, 11) is 0. The zero-order valence-corrected chi connectivity index (χ0v) is 14.7. The Bertz CT molecular complexity index is 1080. The molecule has 2 aromatic heterocycles. The zero-order chi connectivity index (χ0) is 20.1. The molecule has 2 heterocycles. The van der Waals surface area contributed by atoms with Crippen LogP contribution in [0.25, 0.3) is 5.65 Å². The number of anilines is 1. The van der Waals surface area contributed by atoms with Crippen LogP contribution >= 0.6 is 0 Å². The van der Waals surface area contributed by atoms with Gasteiger partial charge in [-0.1, -0.05) is 0 Å². The Labute approximate surface area is 157 Å². The second-order valence-corrected chi connectivity index (χ2v) is 6.73. The van der Waals surface area contributed by atoms with Gasteiger partial charge in [0.15, 0.2) is 17.1 Å². The van der Waals surface area contributed by atoms with Gasteiger partial charge in [0.2, 0.25) is 0 Å². The van der Waals surface area contributed by atoms with Gasteiger partial charge in [-0.3, -0.25) is 9.59 Å². The Morgan fingerprint density at radius 2 is 1.82 bits per heavy atom. The second kappa shape index (κ2) is 6.43. The summed E-state index contributed by atoms with van der Waals surface area (Å²) in [5.41, 5.74) is 0.0956. The lowest BCUT2D eigenvalue weighted by Gasteiger charge is -2.10. The van der Waals surface area contributed by atoms with Gasteiger partial charge in [0.05, 0.1) is 0 Å². The van der Waals surface area contributed by atoms with Gasteiger partial charge in [0.25, 0.3) is 5.91 Å². The van der Waals surface area contributed by atoms with Gasteiger partial charge in [0, 0.05) is 28.9 Å². The van der Waals surface area contributed by atoms with Crippen LogP contribution in [0.1, 0.15) is 57.9 Å². The summed E-state index contributed by atoms with van der Waals surface area (Å²) in [4.78, 5) is 28.0. The lowest BCUT2D eigenvalue weighted by Crippen LogP contribution is -2.16. The Balaban J connectivity index is 1.66. The summed E-state index contributed by atoms with van der Waals surface area (Å²) >= 11 is 0. The van der Waals surface area contributed by atoms with Crippen molar-refractivity contribution in [1.82, 2.24) is 14.6 Å². The van der Waals surface area contributed by atoms with E-state index >= 15 is 0 Å². The number of hydrogen-bond donors (Lipinski definition) is 1. The molecule has 1 aliphatic carbocycles. The summed E-state index contributed by atoms with van der Waals surface area (Å²) < 4.78 is 40.9. The fraction of sp³-hybridized carbons (Fsp3) is 0.263. The molecule has 1 N–H and O–H groups in total. The van der Waals surface area contributed by atoms with E-state index in [9.17, 15) is 22.8 Å². The third-order valence-electron chi connectivity index (χ3n) is 4.51. The topological polar surface area (TPSA) is 76.4 Å². The van der Waals surface area contributed by atoms with Crippen molar-refractivity contribution in [2.75, 3.05) is 5.32 Å². The lowest BCUT2D eigenvalue weighted by atomic mass is 10.1. The quantitative estimate of drug-likeness (QED) is 0.684. The Morgan fingerprint density at radius 1 is 1.14 bits per heavy atom. The van der Waals surface area contributed by atoms with E-state index in [1.807, 2.05) is 0 Å². The summed E-state index contributed by atoms with van der Waals surface area (Å²) in [6.45, 7) is 1.42. The maximum Gasteiger partial charge on any atom is 0.433 e. The molecular weight excluding hydrogens is 373 g/mol. The molecule has 3 aromatic rings. The summed E-state index contributed by atoms with van der Waals surface area (Å²) in [6, 6.07) is 8.41. The monoisotopic (exact) mass is 388 g/mol. The number of alkyl halides is 3. The molecule has 0 aliphatic heterocycles. The average molecular weight is 388 g/mol. The SMILES string of the molecule is CC(=O)c1ccc(NC(=O)c2cc3nc(C4CC4)cc(C(F)(F)F)n3n2)cc1. The van der Waals surface area contributed by atoms with Crippen LogP contribution in [0.5, 0.6) is 0 Å². The minimum Gasteiger partial charge on any atom is -0.321 e. The van der Waals surface area contributed by atoms with E-state index in [4.69, 9.17) is 0 Å². The molecule has 144 valence electrons. The third-order valence-corrected chi connectivity index (χ3v) is 4.51. The molecule has 0 radical (unpaired) electrons. The number of carbonyl (C=O) groups is 2. The fourth-order valence-electron chi connectivity index (χ4n) is 2.88. The molecule has 1 saturated carbocycles. The highest BCUT2D eigenvalue weighted by atomic mass is 19.4. The second-order valence-electron chi connectivity index (χ2n) is 6.73. The number of carbonyl (C=O) groups excluding carboxylic acids is 2. The van der Waals surface area contributed by atoms with E-state index in [1.165, 1.54) is 25.1 Å². The van der Waals surface area contributed by atoms with Crippen molar-refractivity contribution < 1.29 is 22.8 Å². The predicted molar refractivity (Wildman–Crippen MR) is 94.4 cm³/mol. The molecule has 28 heavy (non-hydrogen) atoms. The first-order chi connectivity index (χ1) is 13.2. The highest BCUT2D eigenvalue weighted by Gasteiger charge is 2.37. The molecule has 0 atom stereocenters. The molecule has 0 saturated heterocycles. The lowest BCUT2D eigenvalue weighted by molar-refractivity contribution is -0.142. The van der Waals surface area contributed by atoms with E-state index in [0.717, 1.165) is 18.9 Å². The van der Waals surface area contributed by atoms with Gasteiger partial charge < -0.3 is 5.32 Å². The number of rotatable bonds is 4. The first-order valence-corrected chi connectivity index (χ1v) is 8.62. The molecule has 4 rings (SSSR count). The first kappa shape index (κ1) is 18.1. The van der Waals surface area contributed by atoms with Gasteiger partial charge in [0.1, 0.15) is 5.69 Å². The van der Waals surface area contributed by atoms with Crippen LogP contribution in [0.15, 0.2) is 36.4 Å². The number of aromatic nitrogens is 3. The molecule has 6 nitrogen and oxygen atoms in total. The molecule has 1 amide bonds. The highest BCUT2D eigenvalue weighted by molar-refractivity contribution is 6.03. The summed E-state index contributed by atoms with van der Waals surface area (Å²) in [5.74, 6) is -0.754. The Kier molecular flexibility index (Phi) is 4.17. The number of hydrogen-bond acceptors (Lipinski definition) is 4. The standard InChI is InChI=1S/C19H15F3N4O2/c1-10(27)11-4-6-13(7-5-11)23-18(28)15-9-17-24-14(12-2-3-12)8-16(19(20,21)22)26(17)25-15/h4-9,12H,2-3H2,1H3,(H,23,28). The van der Waals surface area contributed by atoms with E-state index in [0.29, 0.717) is 21.5 Å². The van der Waals surface area contributed by atoms with Crippen LogP contribution in [0.4, 0.5) is 18.9 Å². The molecule has 1 aromatic carbocycles.